The lowest BCUT2D eigenvalue weighted by atomic mass is 10.1. The molecule has 0 spiro atoms. The molecule has 0 aliphatic heterocycles. The van der Waals surface area contributed by atoms with E-state index in [-0.39, 0.29) is 25.3 Å². The van der Waals surface area contributed by atoms with Crippen LogP contribution in [0.25, 0.3) is 0 Å². The highest BCUT2D eigenvalue weighted by Crippen LogP contribution is 2.06. The molecule has 0 heterocycles. The van der Waals surface area contributed by atoms with E-state index in [4.69, 9.17) is 28.0 Å². The molecular weight excluding hydrogens is 508 g/mol. The number of carboxylic acid groups (broad SMARTS) is 3. The van der Waals surface area contributed by atoms with E-state index in [1.807, 2.05) is 0 Å². The Morgan fingerprint density at radius 2 is 1.29 bits per heavy atom. The van der Waals surface area contributed by atoms with Crippen LogP contribution in [0.1, 0.15) is 51.4 Å². The van der Waals surface area contributed by atoms with Crippen molar-refractivity contribution >= 4 is 41.6 Å². The van der Waals surface area contributed by atoms with Crippen LogP contribution in [-0.2, 0) is 28.8 Å². The Balaban J connectivity index is 5.47. The molecule has 0 saturated carbocycles. The zero-order valence-electron chi connectivity index (χ0n) is 20.9. The fraction of sp³-hybridized carbons (Fsp3) is 0.667. The maximum Gasteiger partial charge on any atom is 0.326 e. The highest BCUT2D eigenvalue weighted by molar-refractivity contribution is 5.95. The lowest BCUT2D eigenvalue weighted by molar-refractivity contribution is -0.143. The summed E-state index contributed by atoms with van der Waals surface area (Å²) in [5, 5.41) is 34.2. The molecule has 0 bridgehead atoms. The summed E-state index contributed by atoms with van der Waals surface area (Å²) in [6.45, 7) is 0.500. The van der Waals surface area contributed by atoms with Crippen molar-refractivity contribution in [3.05, 3.63) is 0 Å². The van der Waals surface area contributed by atoms with E-state index >= 15 is 0 Å². The number of hydrogen-bond acceptors (Lipinski definition) is 9. The van der Waals surface area contributed by atoms with Crippen molar-refractivity contribution in [1.82, 2.24) is 16.0 Å². The van der Waals surface area contributed by atoms with Gasteiger partial charge in [-0.3, -0.25) is 29.0 Å². The number of unbranched alkanes of at least 4 members (excludes halogenated alkanes) is 1. The third-order valence-corrected chi connectivity index (χ3v) is 5.16. The van der Waals surface area contributed by atoms with E-state index in [0.717, 1.165) is 0 Å². The maximum absolute atomic E-state index is 12.8. The number of aliphatic carboxylic acids is 3. The molecule has 0 saturated heterocycles. The lowest BCUT2D eigenvalue weighted by Crippen LogP contribution is -2.57. The van der Waals surface area contributed by atoms with Gasteiger partial charge in [-0.25, -0.2) is 4.79 Å². The summed E-state index contributed by atoms with van der Waals surface area (Å²) < 4.78 is 0. The fourth-order valence-corrected chi connectivity index (χ4v) is 3.14. The van der Waals surface area contributed by atoms with Crippen molar-refractivity contribution in [3.63, 3.8) is 0 Å². The average Bonchev–Trinajstić information content (AvgIpc) is 2.82. The first kappa shape index (κ1) is 34.0. The van der Waals surface area contributed by atoms with Crippen molar-refractivity contribution < 1.29 is 44.1 Å². The van der Waals surface area contributed by atoms with Gasteiger partial charge in [0.1, 0.15) is 18.1 Å². The van der Waals surface area contributed by atoms with Gasteiger partial charge in [0.2, 0.25) is 17.7 Å². The van der Waals surface area contributed by atoms with Crippen LogP contribution in [0, 0.1) is 0 Å². The zero-order valence-corrected chi connectivity index (χ0v) is 20.9. The predicted octanol–water partition coefficient (Wildman–Crippen LogP) is -3.63. The van der Waals surface area contributed by atoms with Crippen molar-refractivity contribution in [1.29, 1.82) is 0 Å². The molecule has 38 heavy (non-hydrogen) atoms. The number of nitrogens with two attached hydrogens (primary N) is 4. The van der Waals surface area contributed by atoms with Gasteiger partial charge in [0, 0.05) is 13.0 Å². The molecule has 0 aromatic carbocycles. The van der Waals surface area contributed by atoms with Gasteiger partial charge in [0.15, 0.2) is 5.96 Å². The van der Waals surface area contributed by atoms with Crippen LogP contribution >= 0.6 is 0 Å². The first-order chi connectivity index (χ1) is 17.8. The molecule has 216 valence electrons. The highest BCUT2D eigenvalue weighted by atomic mass is 16.4. The molecule has 0 aliphatic rings. The Bertz CT molecular complexity index is 864. The number of nitrogens with zero attached hydrogens (tertiary/aromatic N) is 1. The summed E-state index contributed by atoms with van der Waals surface area (Å²) in [7, 11) is 0. The van der Waals surface area contributed by atoms with Gasteiger partial charge in [0.25, 0.3) is 0 Å². The smallest absolute Gasteiger partial charge is 0.326 e. The molecule has 17 nitrogen and oxygen atoms in total. The van der Waals surface area contributed by atoms with Crippen LogP contribution in [0.5, 0.6) is 0 Å². The molecule has 0 aromatic rings. The van der Waals surface area contributed by atoms with Crippen molar-refractivity contribution in [2.24, 2.45) is 27.9 Å². The second-order valence-corrected chi connectivity index (χ2v) is 8.39. The summed E-state index contributed by atoms with van der Waals surface area (Å²) >= 11 is 0. The van der Waals surface area contributed by atoms with E-state index in [1.165, 1.54) is 0 Å². The summed E-state index contributed by atoms with van der Waals surface area (Å²) in [4.78, 5) is 75.6. The minimum atomic E-state index is -1.66. The normalized spacial score (nSPS) is 13.7. The number of rotatable bonds is 20. The summed E-state index contributed by atoms with van der Waals surface area (Å²) in [6, 6.07) is -5.66. The number of guanidine groups is 1. The first-order valence-corrected chi connectivity index (χ1v) is 11.9. The summed E-state index contributed by atoms with van der Waals surface area (Å²) in [5.41, 5.74) is 21.6. The zero-order chi connectivity index (χ0) is 29.3. The standard InChI is InChI=1S/C21H38N8O9/c22-8-2-1-5-13(20(37)38)28-18(35)12(6-7-15(30)31)27-19(36)14(10-16(32)33)29-17(34)11(23)4-3-9-26-21(24)25/h11-14H,1-10,22-23H2,(H,27,36)(H,28,35)(H,29,34)(H,30,31)(H,32,33)(H,37,38)(H4,24,25,26). The number of carbonyl (C=O) groups is 6. The average molecular weight is 547 g/mol. The van der Waals surface area contributed by atoms with E-state index in [9.17, 15) is 39.0 Å². The van der Waals surface area contributed by atoms with Gasteiger partial charge in [-0.1, -0.05) is 0 Å². The van der Waals surface area contributed by atoms with Gasteiger partial charge in [-0.2, -0.15) is 0 Å². The monoisotopic (exact) mass is 546 g/mol. The van der Waals surface area contributed by atoms with Crippen LogP contribution in [0.2, 0.25) is 0 Å². The lowest BCUT2D eigenvalue weighted by Gasteiger charge is -2.24. The number of aliphatic imine (C=N–C) groups is 1. The molecule has 0 fully saturated rings. The quantitative estimate of drug-likeness (QED) is 0.0401. The Morgan fingerprint density at radius 1 is 0.711 bits per heavy atom. The van der Waals surface area contributed by atoms with E-state index in [2.05, 4.69) is 20.9 Å². The third-order valence-electron chi connectivity index (χ3n) is 5.16. The number of nitrogens with one attached hydrogen (secondary N) is 3. The Labute approximate surface area is 218 Å². The van der Waals surface area contributed by atoms with Crippen LogP contribution in [-0.4, -0.2) is 94.2 Å². The fourth-order valence-electron chi connectivity index (χ4n) is 3.14. The molecule has 3 amide bonds. The summed E-state index contributed by atoms with van der Waals surface area (Å²) in [6.07, 6.45) is -0.520. The van der Waals surface area contributed by atoms with E-state index in [0.29, 0.717) is 25.8 Å². The minimum absolute atomic E-state index is 0.0383. The molecule has 14 N–H and O–H groups in total. The molecule has 17 heteroatoms. The third kappa shape index (κ3) is 15.2. The van der Waals surface area contributed by atoms with Crippen LogP contribution in [0.4, 0.5) is 0 Å². The predicted molar refractivity (Wildman–Crippen MR) is 133 cm³/mol. The van der Waals surface area contributed by atoms with Gasteiger partial charge < -0.3 is 54.2 Å². The Hall–Kier alpha value is -3.99. The molecular formula is C21H38N8O9. The van der Waals surface area contributed by atoms with E-state index < -0.39 is 79.1 Å². The number of amides is 3. The second kappa shape index (κ2) is 18.3. The molecule has 0 aromatic heterocycles. The number of carbonyl (C=O) groups excluding carboxylic acids is 3. The SMILES string of the molecule is NCCCCC(NC(=O)C(CCC(=O)O)NC(=O)C(CC(=O)O)NC(=O)C(N)CCCN=C(N)N)C(=O)O. The van der Waals surface area contributed by atoms with Crippen LogP contribution in [0.3, 0.4) is 0 Å². The first-order valence-electron chi connectivity index (χ1n) is 11.9. The van der Waals surface area contributed by atoms with Crippen LogP contribution in [0.15, 0.2) is 4.99 Å². The Kier molecular flexibility index (Phi) is 16.4. The minimum Gasteiger partial charge on any atom is -0.481 e. The molecule has 0 rings (SSSR count). The van der Waals surface area contributed by atoms with Crippen molar-refractivity contribution in [2.45, 2.75) is 75.5 Å². The second-order valence-electron chi connectivity index (χ2n) is 8.39. The number of hydrogen-bond donors (Lipinski definition) is 10. The van der Waals surface area contributed by atoms with E-state index in [1.54, 1.807) is 0 Å². The molecule has 0 radical (unpaired) electrons. The maximum atomic E-state index is 12.8. The summed E-state index contributed by atoms with van der Waals surface area (Å²) in [5.74, 6) is -7.18. The molecule has 4 atom stereocenters. The van der Waals surface area contributed by atoms with Crippen molar-refractivity contribution in [2.75, 3.05) is 13.1 Å². The van der Waals surface area contributed by atoms with Gasteiger partial charge >= 0.3 is 17.9 Å². The molecule has 4 unspecified atom stereocenters. The number of carboxylic acids is 3. The topological polar surface area (TPSA) is 316 Å². The van der Waals surface area contributed by atoms with Gasteiger partial charge in [0.05, 0.1) is 12.5 Å². The van der Waals surface area contributed by atoms with Crippen LogP contribution < -0.4 is 38.9 Å². The largest absolute Gasteiger partial charge is 0.481 e. The van der Waals surface area contributed by atoms with Gasteiger partial charge in [-0.05, 0) is 45.1 Å². The van der Waals surface area contributed by atoms with Gasteiger partial charge in [-0.15, -0.1) is 0 Å². The van der Waals surface area contributed by atoms with Crippen molar-refractivity contribution in [3.8, 4) is 0 Å². The Morgan fingerprint density at radius 3 is 1.82 bits per heavy atom. The molecule has 0 aliphatic carbocycles. The highest BCUT2D eigenvalue weighted by Gasteiger charge is 2.31.